The van der Waals surface area contributed by atoms with E-state index in [1.54, 1.807) is 0 Å². The molecule has 6 heteroatoms. The van der Waals surface area contributed by atoms with E-state index in [0.29, 0.717) is 24.9 Å². The van der Waals surface area contributed by atoms with Gasteiger partial charge in [-0.25, -0.2) is 13.1 Å². The molecule has 1 N–H and O–H groups in total. The molecule has 18 heavy (non-hydrogen) atoms. The second-order valence-corrected chi connectivity index (χ2v) is 7.13. The second kappa shape index (κ2) is 8.35. The van der Waals surface area contributed by atoms with Gasteiger partial charge >= 0.3 is 0 Å². The van der Waals surface area contributed by atoms with E-state index < -0.39 is 10.0 Å². The number of sulfonamides is 1. The first-order valence-corrected chi connectivity index (χ1v) is 8.91. The molecule has 1 rings (SSSR count). The highest BCUT2D eigenvalue weighted by Crippen LogP contribution is 2.15. The third-order valence-electron chi connectivity index (χ3n) is 3.24. The fourth-order valence-corrected chi connectivity index (χ4v) is 3.90. The zero-order valence-corrected chi connectivity index (χ0v) is 12.6. The van der Waals surface area contributed by atoms with Gasteiger partial charge in [0.2, 0.25) is 10.0 Å². The fourth-order valence-electron chi connectivity index (χ4n) is 2.24. The zero-order chi connectivity index (χ0) is 13.4. The van der Waals surface area contributed by atoms with Crippen LogP contribution in [0.25, 0.3) is 0 Å². The molecule has 0 amide bonds. The summed E-state index contributed by atoms with van der Waals surface area (Å²) in [7, 11) is -3.21. The summed E-state index contributed by atoms with van der Waals surface area (Å²) in [4.78, 5) is 0. The number of rotatable bonds is 9. The van der Waals surface area contributed by atoms with Gasteiger partial charge in [0.1, 0.15) is 0 Å². The van der Waals surface area contributed by atoms with Gasteiger partial charge in [-0.15, -0.1) is 11.6 Å². The molecule has 1 saturated heterocycles. The summed E-state index contributed by atoms with van der Waals surface area (Å²) in [6, 6.07) is 0. The Labute approximate surface area is 115 Å². The highest BCUT2D eigenvalue weighted by Gasteiger charge is 2.23. The summed E-state index contributed by atoms with van der Waals surface area (Å²) in [5.41, 5.74) is 0. The maximum absolute atomic E-state index is 11.9. The van der Waals surface area contributed by atoms with Gasteiger partial charge in [-0.2, -0.15) is 0 Å². The largest absolute Gasteiger partial charge is 0.377 e. The molecule has 0 radical (unpaired) electrons. The number of nitrogens with one attached hydrogen (secondary N) is 1. The first-order chi connectivity index (χ1) is 8.57. The van der Waals surface area contributed by atoms with Crippen LogP contribution in [0.2, 0.25) is 0 Å². The fraction of sp³-hybridized carbons (Fsp3) is 1.00. The molecule has 1 fully saturated rings. The average Bonchev–Trinajstić information content (AvgIpc) is 2.79. The van der Waals surface area contributed by atoms with Crippen LogP contribution in [0.4, 0.5) is 0 Å². The molecule has 1 aliphatic rings. The van der Waals surface area contributed by atoms with Crippen molar-refractivity contribution in [2.45, 2.75) is 45.1 Å². The number of hydrogen-bond acceptors (Lipinski definition) is 3. The molecule has 0 spiro atoms. The van der Waals surface area contributed by atoms with Crippen molar-refractivity contribution in [3.8, 4) is 0 Å². The molecule has 4 nitrogen and oxygen atoms in total. The van der Waals surface area contributed by atoms with Crippen molar-refractivity contribution in [3.63, 3.8) is 0 Å². The van der Waals surface area contributed by atoms with Crippen molar-refractivity contribution < 1.29 is 13.2 Å². The Bertz CT molecular complexity index is 309. The van der Waals surface area contributed by atoms with Crippen LogP contribution in [0, 0.1) is 5.92 Å². The van der Waals surface area contributed by atoms with E-state index >= 15 is 0 Å². The minimum atomic E-state index is -3.21. The standard InChI is InChI=1S/C12H24ClNO3S/c1-2-4-11(6-7-13)9-14-18(15,16)10-12-5-3-8-17-12/h11-12,14H,2-10H2,1H3. The Morgan fingerprint density at radius 1 is 1.44 bits per heavy atom. The van der Waals surface area contributed by atoms with E-state index in [1.165, 1.54) is 0 Å². The molecule has 0 aromatic carbocycles. The van der Waals surface area contributed by atoms with Crippen molar-refractivity contribution in [2.24, 2.45) is 5.92 Å². The first kappa shape index (κ1) is 16.2. The maximum atomic E-state index is 11.9. The SMILES string of the molecule is CCCC(CCCl)CNS(=O)(=O)CC1CCCO1. The van der Waals surface area contributed by atoms with E-state index in [1.807, 2.05) is 0 Å². The molecule has 1 aliphatic heterocycles. The van der Waals surface area contributed by atoms with Crippen LogP contribution < -0.4 is 4.72 Å². The highest BCUT2D eigenvalue weighted by molar-refractivity contribution is 7.89. The Kier molecular flexibility index (Phi) is 7.53. The van der Waals surface area contributed by atoms with Gasteiger partial charge in [0, 0.05) is 19.0 Å². The monoisotopic (exact) mass is 297 g/mol. The van der Waals surface area contributed by atoms with Crippen LogP contribution in [0.15, 0.2) is 0 Å². The van der Waals surface area contributed by atoms with Crippen molar-refractivity contribution in [2.75, 3.05) is 24.8 Å². The van der Waals surface area contributed by atoms with Crippen LogP contribution in [0.1, 0.15) is 39.0 Å². The smallest absolute Gasteiger partial charge is 0.214 e. The first-order valence-electron chi connectivity index (χ1n) is 6.72. The molecule has 0 aromatic rings. The van der Waals surface area contributed by atoms with Gasteiger partial charge in [-0.1, -0.05) is 13.3 Å². The molecular weight excluding hydrogens is 274 g/mol. The molecule has 2 unspecified atom stereocenters. The number of hydrogen-bond donors (Lipinski definition) is 1. The van der Waals surface area contributed by atoms with Gasteiger partial charge in [0.05, 0.1) is 11.9 Å². The molecule has 0 aliphatic carbocycles. The lowest BCUT2D eigenvalue weighted by molar-refractivity contribution is 0.127. The summed E-state index contributed by atoms with van der Waals surface area (Å²) in [6.45, 7) is 3.28. The van der Waals surface area contributed by atoms with Gasteiger partial charge < -0.3 is 4.74 Å². The zero-order valence-electron chi connectivity index (χ0n) is 11.0. The minimum absolute atomic E-state index is 0.0900. The lowest BCUT2D eigenvalue weighted by Crippen LogP contribution is -2.35. The van der Waals surface area contributed by atoms with E-state index in [4.69, 9.17) is 16.3 Å². The predicted octanol–water partition coefficient (Wildman–Crippen LogP) is 2.13. The topological polar surface area (TPSA) is 55.4 Å². The van der Waals surface area contributed by atoms with E-state index in [2.05, 4.69) is 11.6 Å². The molecule has 0 saturated carbocycles. The Morgan fingerprint density at radius 3 is 2.78 bits per heavy atom. The predicted molar refractivity (Wildman–Crippen MR) is 74.5 cm³/mol. The van der Waals surface area contributed by atoms with Crippen molar-refractivity contribution in [1.29, 1.82) is 0 Å². The molecule has 2 atom stereocenters. The van der Waals surface area contributed by atoms with Gasteiger partial charge in [-0.05, 0) is 31.6 Å². The molecular formula is C12H24ClNO3S. The van der Waals surface area contributed by atoms with Gasteiger partial charge in [0.15, 0.2) is 0 Å². The van der Waals surface area contributed by atoms with Crippen LogP contribution in [0.5, 0.6) is 0 Å². The van der Waals surface area contributed by atoms with Crippen molar-refractivity contribution >= 4 is 21.6 Å². The maximum Gasteiger partial charge on any atom is 0.214 e. The quantitative estimate of drug-likeness (QED) is 0.663. The van der Waals surface area contributed by atoms with Gasteiger partial charge in [-0.3, -0.25) is 0 Å². The lowest BCUT2D eigenvalue weighted by Gasteiger charge is -2.17. The minimum Gasteiger partial charge on any atom is -0.377 e. The summed E-state index contributed by atoms with van der Waals surface area (Å²) in [6.07, 6.45) is 4.61. The Morgan fingerprint density at radius 2 is 2.22 bits per heavy atom. The lowest BCUT2D eigenvalue weighted by atomic mass is 10.0. The van der Waals surface area contributed by atoms with E-state index in [9.17, 15) is 8.42 Å². The third-order valence-corrected chi connectivity index (χ3v) is 4.87. The third kappa shape index (κ3) is 6.36. The van der Waals surface area contributed by atoms with Crippen LogP contribution >= 0.6 is 11.6 Å². The summed E-state index contributed by atoms with van der Waals surface area (Å²) < 4.78 is 31.8. The summed E-state index contributed by atoms with van der Waals surface area (Å²) in [5, 5.41) is 0. The molecule has 0 aromatic heterocycles. The number of alkyl halides is 1. The second-order valence-electron chi connectivity index (χ2n) is 4.90. The molecule has 108 valence electrons. The number of halogens is 1. The van der Waals surface area contributed by atoms with Crippen LogP contribution in [-0.2, 0) is 14.8 Å². The molecule has 1 heterocycles. The van der Waals surface area contributed by atoms with Crippen molar-refractivity contribution in [3.05, 3.63) is 0 Å². The van der Waals surface area contributed by atoms with Crippen molar-refractivity contribution in [1.82, 2.24) is 4.72 Å². The van der Waals surface area contributed by atoms with E-state index in [0.717, 1.165) is 32.1 Å². The van der Waals surface area contributed by atoms with Crippen LogP contribution in [0.3, 0.4) is 0 Å². The Balaban J connectivity index is 2.34. The number of ether oxygens (including phenoxy) is 1. The molecule has 0 bridgehead atoms. The summed E-state index contributed by atoms with van der Waals surface area (Å²) in [5.74, 6) is 1.01. The van der Waals surface area contributed by atoms with Gasteiger partial charge in [0.25, 0.3) is 0 Å². The van der Waals surface area contributed by atoms with E-state index in [-0.39, 0.29) is 11.9 Å². The van der Waals surface area contributed by atoms with Crippen LogP contribution in [-0.4, -0.2) is 39.3 Å². The summed E-state index contributed by atoms with van der Waals surface area (Å²) >= 11 is 5.72. The normalized spacial score (nSPS) is 22.2. The highest BCUT2D eigenvalue weighted by atomic mass is 35.5. The average molecular weight is 298 g/mol. The Hall–Kier alpha value is 0.160.